The number of rotatable bonds is 8. The van der Waals surface area contributed by atoms with Crippen LogP contribution in [0.15, 0.2) is 36.5 Å². The lowest BCUT2D eigenvalue weighted by Crippen LogP contribution is -2.40. The number of likely N-dealkylation sites (tertiary alicyclic amines) is 2. The maximum absolute atomic E-state index is 13.2. The minimum atomic E-state index is -0.710. The van der Waals surface area contributed by atoms with Gasteiger partial charge in [0.2, 0.25) is 23.6 Å². The number of carbonyl (C=O) groups is 6. The van der Waals surface area contributed by atoms with Gasteiger partial charge >= 0.3 is 11.9 Å². The number of ether oxygens (including phenoxy) is 2. The molecule has 0 radical (unpaired) electrons. The lowest BCUT2D eigenvalue weighted by Gasteiger charge is -2.26. The first-order valence-electron chi connectivity index (χ1n) is 14.9. The number of imide groups is 2. The molecular formula is C31H32N2O8. The van der Waals surface area contributed by atoms with Gasteiger partial charge in [-0.15, -0.1) is 0 Å². The molecular weight excluding hydrogens is 528 g/mol. The molecule has 8 aliphatic rings. The normalized spacial score (nSPS) is 43.7. The van der Waals surface area contributed by atoms with Crippen LogP contribution in [0.3, 0.4) is 0 Å². The summed E-state index contributed by atoms with van der Waals surface area (Å²) in [5.41, 5.74) is 0. The molecule has 6 bridgehead atoms. The number of nitrogens with zero attached hydrogens (tertiary/aromatic N) is 2. The molecule has 10 heteroatoms. The van der Waals surface area contributed by atoms with Crippen molar-refractivity contribution in [2.45, 2.75) is 19.3 Å². The zero-order valence-corrected chi connectivity index (χ0v) is 22.5. The van der Waals surface area contributed by atoms with Crippen LogP contribution in [0, 0.1) is 71.0 Å². The topological polar surface area (TPSA) is 127 Å². The van der Waals surface area contributed by atoms with E-state index in [1.54, 1.807) is 0 Å². The molecule has 0 N–H and O–H groups in total. The molecule has 2 aliphatic heterocycles. The first-order chi connectivity index (χ1) is 19.8. The molecule has 0 aromatic heterocycles. The van der Waals surface area contributed by atoms with Crippen LogP contribution in [0.25, 0.3) is 0 Å². The van der Waals surface area contributed by atoms with Gasteiger partial charge in [-0.3, -0.25) is 38.6 Å². The maximum atomic E-state index is 13.2. The Morgan fingerprint density at radius 3 is 1.17 bits per heavy atom. The summed E-state index contributed by atoms with van der Waals surface area (Å²) in [6.45, 7) is -0.204. The molecule has 0 unspecified atom stereocenters. The average molecular weight is 561 g/mol. The zero-order chi connectivity index (χ0) is 28.2. The predicted molar refractivity (Wildman–Crippen MR) is 139 cm³/mol. The third-order valence-electron chi connectivity index (χ3n) is 11.2. The van der Waals surface area contributed by atoms with Crippen molar-refractivity contribution in [3.05, 3.63) is 36.5 Å². The number of hydrogen-bond acceptors (Lipinski definition) is 8. The number of amides is 4. The van der Waals surface area contributed by atoms with Gasteiger partial charge in [0.1, 0.15) is 13.2 Å². The second-order valence-electron chi connectivity index (χ2n) is 13.0. The van der Waals surface area contributed by atoms with E-state index in [9.17, 15) is 28.8 Å². The predicted octanol–water partition coefficient (Wildman–Crippen LogP) is 1.13. The van der Waals surface area contributed by atoms with E-state index in [-0.39, 0.29) is 109 Å². The Kier molecular flexibility index (Phi) is 5.51. The monoisotopic (exact) mass is 560 g/mol. The molecule has 5 fully saturated rings. The number of fused-ring (bicyclic) bond motifs is 12. The Balaban J connectivity index is 0.856. The molecule has 12 atom stereocenters. The quantitative estimate of drug-likeness (QED) is 0.246. The third-order valence-corrected chi connectivity index (χ3v) is 11.2. The molecule has 4 amide bonds. The fourth-order valence-corrected chi connectivity index (χ4v) is 9.50. The van der Waals surface area contributed by atoms with E-state index < -0.39 is 23.8 Å². The van der Waals surface area contributed by atoms with Gasteiger partial charge in [0, 0.05) is 0 Å². The molecule has 3 saturated carbocycles. The summed E-state index contributed by atoms with van der Waals surface area (Å²) < 4.78 is 11.1. The van der Waals surface area contributed by atoms with Crippen molar-refractivity contribution in [1.29, 1.82) is 0 Å². The molecule has 214 valence electrons. The van der Waals surface area contributed by atoms with Crippen molar-refractivity contribution < 1.29 is 38.2 Å². The molecule has 41 heavy (non-hydrogen) atoms. The van der Waals surface area contributed by atoms with Crippen LogP contribution in [0.5, 0.6) is 0 Å². The summed E-state index contributed by atoms with van der Waals surface area (Å²) in [6, 6.07) is 0. The molecule has 6 aliphatic carbocycles. The van der Waals surface area contributed by atoms with Crippen LogP contribution < -0.4 is 0 Å². The largest absolute Gasteiger partial charge is 0.464 e. The summed E-state index contributed by atoms with van der Waals surface area (Å²) in [4.78, 5) is 80.4. The van der Waals surface area contributed by atoms with E-state index in [1.807, 2.05) is 36.5 Å². The molecule has 0 spiro atoms. The van der Waals surface area contributed by atoms with E-state index in [1.165, 1.54) is 9.80 Å². The van der Waals surface area contributed by atoms with E-state index in [0.717, 1.165) is 12.8 Å². The molecule has 0 aromatic carbocycles. The van der Waals surface area contributed by atoms with Gasteiger partial charge in [-0.05, 0) is 54.8 Å². The lowest BCUT2D eigenvalue weighted by molar-refractivity contribution is -0.162. The summed E-state index contributed by atoms with van der Waals surface area (Å²) in [6.07, 6.45) is 14.4. The van der Waals surface area contributed by atoms with E-state index in [4.69, 9.17) is 9.47 Å². The van der Waals surface area contributed by atoms with Crippen molar-refractivity contribution in [3.63, 3.8) is 0 Å². The number of carbonyl (C=O) groups excluding carboxylic acids is 6. The summed E-state index contributed by atoms with van der Waals surface area (Å²) in [5, 5.41) is 0. The minimum absolute atomic E-state index is 0.0126. The van der Waals surface area contributed by atoms with Crippen molar-refractivity contribution >= 4 is 35.6 Å². The Bertz CT molecular complexity index is 1210. The van der Waals surface area contributed by atoms with Gasteiger partial charge < -0.3 is 9.47 Å². The highest BCUT2D eigenvalue weighted by Crippen LogP contribution is 2.54. The average Bonchev–Trinajstić information content (AvgIpc) is 3.82. The highest BCUT2D eigenvalue weighted by molar-refractivity contribution is 6.07. The highest BCUT2D eigenvalue weighted by atomic mass is 16.5. The molecule has 0 aromatic rings. The first-order valence-corrected chi connectivity index (χ1v) is 14.9. The summed E-state index contributed by atoms with van der Waals surface area (Å²) in [7, 11) is 0. The van der Waals surface area contributed by atoms with Crippen LogP contribution in [0.4, 0.5) is 0 Å². The number of allylic oxidation sites excluding steroid dienone is 6. The standard InChI is InChI=1S/C31H32N2O8/c34-26-20-14-1-2-15(11-14)21(20)27(35)32(26)7-9-40-30(38)24-18-5-6-19(13-18)25(24)31(39)41-10-8-33-28(36)22-16-3-4-17(12-16)23(22)29(33)37/h1-6,14-25H,7-13H2/t14-,15-,16-,17-,18-,19-,20-,21+,22+,23+,24-,25+/m0/s1. The maximum Gasteiger partial charge on any atom is 0.310 e. The molecule has 2 saturated heterocycles. The number of esters is 2. The van der Waals surface area contributed by atoms with Gasteiger partial charge in [0.15, 0.2) is 0 Å². The molecule has 2 heterocycles. The van der Waals surface area contributed by atoms with Gasteiger partial charge in [0.05, 0.1) is 48.6 Å². The SMILES string of the molecule is O=C(OCCN1C(=O)[C@@H]2[C@H](C1=O)[C@H]1C=C[C@H]2C1)[C@@H]1[C@H](C(=O)OCCN2C(=O)[C@H]3[C@H](C2=O)[C@H]2C=C[C@H]3C2)[C@H]2C=C[C@H]1C2. The second kappa shape index (κ2) is 8.97. The van der Waals surface area contributed by atoms with E-state index in [0.29, 0.717) is 6.42 Å². The van der Waals surface area contributed by atoms with Crippen LogP contribution in [-0.4, -0.2) is 71.7 Å². The van der Waals surface area contributed by atoms with Crippen molar-refractivity contribution in [2.75, 3.05) is 26.3 Å². The van der Waals surface area contributed by atoms with Crippen LogP contribution in [0.1, 0.15) is 19.3 Å². The van der Waals surface area contributed by atoms with E-state index >= 15 is 0 Å². The second-order valence-corrected chi connectivity index (χ2v) is 13.0. The fourth-order valence-electron chi connectivity index (χ4n) is 9.50. The summed E-state index contributed by atoms with van der Waals surface area (Å²) >= 11 is 0. The van der Waals surface area contributed by atoms with Crippen molar-refractivity contribution in [2.24, 2.45) is 71.0 Å². The molecule has 8 rings (SSSR count). The van der Waals surface area contributed by atoms with E-state index in [2.05, 4.69) is 0 Å². The Morgan fingerprint density at radius 1 is 0.537 bits per heavy atom. The van der Waals surface area contributed by atoms with Crippen LogP contribution in [-0.2, 0) is 38.2 Å². The first kappa shape index (κ1) is 25.2. The Hall–Kier alpha value is -3.56. The van der Waals surface area contributed by atoms with Gasteiger partial charge in [-0.25, -0.2) is 0 Å². The fraction of sp³-hybridized carbons (Fsp3) is 0.613. The van der Waals surface area contributed by atoms with Gasteiger partial charge in [-0.2, -0.15) is 0 Å². The van der Waals surface area contributed by atoms with Gasteiger partial charge in [0.25, 0.3) is 0 Å². The Labute approximate surface area is 236 Å². The Morgan fingerprint density at radius 2 is 0.829 bits per heavy atom. The van der Waals surface area contributed by atoms with Crippen LogP contribution >= 0.6 is 0 Å². The number of hydrogen-bond donors (Lipinski definition) is 0. The van der Waals surface area contributed by atoms with Crippen molar-refractivity contribution in [1.82, 2.24) is 9.80 Å². The third kappa shape index (κ3) is 3.48. The highest BCUT2D eigenvalue weighted by Gasteiger charge is 2.60. The minimum Gasteiger partial charge on any atom is -0.464 e. The van der Waals surface area contributed by atoms with Gasteiger partial charge in [-0.1, -0.05) is 36.5 Å². The van der Waals surface area contributed by atoms with Crippen LogP contribution in [0.2, 0.25) is 0 Å². The van der Waals surface area contributed by atoms with Crippen molar-refractivity contribution in [3.8, 4) is 0 Å². The zero-order valence-electron chi connectivity index (χ0n) is 22.5. The smallest absolute Gasteiger partial charge is 0.310 e. The molecule has 10 nitrogen and oxygen atoms in total. The lowest BCUT2D eigenvalue weighted by atomic mass is 9.83. The summed E-state index contributed by atoms with van der Waals surface area (Å²) in [5.74, 6) is -4.20.